The van der Waals surface area contributed by atoms with Crippen molar-refractivity contribution in [1.82, 2.24) is 25.3 Å². The Morgan fingerprint density at radius 3 is 2.06 bits per heavy atom. The molecule has 2 aromatic heterocycles. The van der Waals surface area contributed by atoms with Gasteiger partial charge in [-0.3, -0.25) is 9.69 Å². The number of nitrogens with zero attached hydrogens (tertiary/aromatic N) is 7. The Bertz CT molecular complexity index is 1660. The Kier molecular flexibility index (Phi) is 10.1. The number of morpholine rings is 1. The lowest BCUT2D eigenvalue weighted by Gasteiger charge is -2.28. The number of hydrogen-bond donors (Lipinski definition) is 2. The summed E-state index contributed by atoms with van der Waals surface area (Å²) in [7, 11) is 3.29. The topological polar surface area (TPSA) is 155 Å². The number of urea groups is 1. The summed E-state index contributed by atoms with van der Waals surface area (Å²) < 4.78 is 16.2. The lowest BCUT2D eigenvalue weighted by Crippen LogP contribution is -2.41. The van der Waals surface area contributed by atoms with Crippen LogP contribution in [0.3, 0.4) is 0 Å². The lowest BCUT2D eigenvalue weighted by molar-refractivity contribution is -0.136. The molecule has 0 bridgehead atoms. The molecule has 250 valence electrons. The quantitative estimate of drug-likeness (QED) is 0.230. The molecule has 4 heterocycles. The van der Waals surface area contributed by atoms with E-state index in [1.54, 1.807) is 31.5 Å². The molecule has 14 nitrogen and oxygen atoms in total. The molecule has 0 saturated carbocycles. The Hall–Kier alpha value is -5.50. The van der Waals surface area contributed by atoms with Crippen LogP contribution in [0.25, 0.3) is 11.3 Å². The molecule has 2 aliphatic heterocycles. The molecular formula is C34H38N8O6. The van der Waals surface area contributed by atoms with Crippen molar-refractivity contribution in [3.05, 3.63) is 77.6 Å². The van der Waals surface area contributed by atoms with Crippen molar-refractivity contribution >= 4 is 29.7 Å². The van der Waals surface area contributed by atoms with Crippen LogP contribution in [0, 0.1) is 0 Å². The third-order valence-electron chi connectivity index (χ3n) is 8.23. The van der Waals surface area contributed by atoms with E-state index in [4.69, 9.17) is 39.3 Å². The first kappa shape index (κ1) is 32.4. The Balaban J connectivity index is 1.31. The van der Waals surface area contributed by atoms with E-state index in [9.17, 15) is 9.59 Å². The highest BCUT2D eigenvalue weighted by atomic mass is 16.5. The van der Waals surface area contributed by atoms with Crippen LogP contribution in [0.2, 0.25) is 0 Å². The number of fused-ring (bicyclic) bond motifs is 1. The SMILES string of the molecule is COc1ccc(CN(Cc2ccc(OC)cc2)c2ncc(-c3nc(N4CCOCC4)nc4c3CCN4C(=O)NCCC(=O)O)cn2)cc1. The van der Waals surface area contributed by atoms with Gasteiger partial charge in [-0.2, -0.15) is 4.98 Å². The summed E-state index contributed by atoms with van der Waals surface area (Å²) in [5.41, 5.74) is 4.31. The van der Waals surface area contributed by atoms with Crippen LogP contribution in [-0.2, 0) is 29.0 Å². The number of anilines is 3. The zero-order chi connectivity index (χ0) is 33.5. The van der Waals surface area contributed by atoms with Gasteiger partial charge in [0.25, 0.3) is 0 Å². The summed E-state index contributed by atoms with van der Waals surface area (Å²) in [6, 6.07) is 15.4. The molecule has 48 heavy (non-hydrogen) atoms. The minimum atomic E-state index is -0.980. The van der Waals surface area contributed by atoms with Crippen molar-refractivity contribution in [2.45, 2.75) is 25.9 Å². The molecule has 2 N–H and O–H groups in total. The minimum absolute atomic E-state index is 0.0209. The summed E-state index contributed by atoms with van der Waals surface area (Å²) in [6.45, 7) is 3.85. The van der Waals surface area contributed by atoms with Gasteiger partial charge < -0.3 is 34.4 Å². The van der Waals surface area contributed by atoms with Gasteiger partial charge in [0.2, 0.25) is 11.9 Å². The first-order valence-electron chi connectivity index (χ1n) is 15.8. The second-order valence-electron chi connectivity index (χ2n) is 11.4. The first-order valence-corrected chi connectivity index (χ1v) is 15.8. The Morgan fingerprint density at radius 1 is 0.896 bits per heavy atom. The van der Waals surface area contributed by atoms with Crippen molar-refractivity contribution in [3.8, 4) is 22.8 Å². The Labute approximate surface area is 278 Å². The van der Waals surface area contributed by atoms with Crippen molar-refractivity contribution in [3.63, 3.8) is 0 Å². The summed E-state index contributed by atoms with van der Waals surface area (Å²) in [5.74, 6) is 2.12. The highest BCUT2D eigenvalue weighted by Gasteiger charge is 2.32. The molecule has 2 aromatic carbocycles. The van der Waals surface area contributed by atoms with Crippen LogP contribution in [0.4, 0.5) is 22.5 Å². The molecule has 1 fully saturated rings. The number of carboxylic acids is 1. The molecule has 0 atom stereocenters. The maximum Gasteiger partial charge on any atom is 0.323 e. The number of carboxylic acid groups (broad SMARTS) is 1. The standard InChI is InChI=1S/C34H38N8O6/c1-46-26-7-3-23(4-8-26)21-41(22-24-5-9-27(47-2)10-6-24)32-36-19-25(20-37-32)30-28-12-14-42(34(45)35-13-11-29(43)44)31(28)39-33(38-30)40-15-17-48-18-16-40/h3-10,19-20H,11-18,21-22H2,1-2H3,(H,35,45)(H,43,44). The van der Waals surface area contributed by atoms with Crippen molar-refractivity contribution in [1.29, 1.82) is 0 Å². The number of rotatable bonds is 12. The summed E-state index contributed by atoms with van der Waals surface area (Å²) >= 11 is 0. The zero-order valence-electron chi connectivity index (χ0n) is 27.0. The van der Waals surface area contributed by atoms with Crippen LogP contribution >= 0.6 is 0 Å². The van der Waals surface area contributed by atoms with Crippen molar-refractivity contribution < 1.29 is 28.9 Å². The molecule has 0 spiro atoms. The fourth-order valence-corrected chi connectivity index (χ4v) is 5.66. The molecule has 2 aliphatic rings. The normalized spacial score (nSPS) is 14.0. The molecule has 4 aromatic rings. The van der Waals surface area contributed by atoms with Crippen LogP contribution in [-0.4, -0.2) is 90.7 Å². The van der Waals surface area contributed by atoms with E-state index >= 15 is 0 Å². The van der Waals surface area contributed by atoms with Gasteiger partial charge in [0.1, 0.15) is 17.3 Å². The second-order valence-corrected chi connectivity index (χ2v) is 11.4. The Morgan fingerprint density at radius 2 is 1.50 bits per heavy atom. The van der Waals surface area contributed by atoms with E-state index in [0.29, 0.717) is 81.3 Å². The zero-order valence-corrected chi connectivity index (χ0v) is 27.0. The summed E-state index contributed by atoms with van der Waals surface area (Å²) in [5, 5.41) is 11.7. The van der Waals surface area contributed by atoms with E-state index in [1.807, 2.05) is 53.4 Å². The van der Waals surface area contributed by atoms with E-state index in [2.05, 4.69) is 10.2 Å². The lowest BCUT2D eigenvalue weighted by atomic mass is 10.1. The van der Waals surface area contributed by atoms with Gasteiger partial charge in [0, 0.05) is 62.8 Å². The largest absolute Gasteiger partial charge is 0.497 e. The van der Waals surface area contributed by atoms with Gasteiger partial charge in [0.15, 0.2) is 0 Å². The first-order chi connectivity index (χ1) is 23.4. The smallest absolute Gasteiger partial charge is 0.323 e. The molecule has 2 amide bonds. The molecule has 6 rings (SSSR count). The maximum atomic E-state index is 13.1. The number of aliphatic carboxylic acids is 1. The highest BCUT2D eigenvalue weighted by molar-refractivity contribution is 5.94. The molecule has 0 unspecified atom stereocenters. The van der Waals surface area contributed by atoms with Crippen LogP contribution in [0.15, 0.2) is 60.9 Å². The van der Waals surface area contributed by atoms with Crippen molar-refractivity contribution in [2.75, 3.05) is 68.3 Å². The highest BCUT2D eigenvalue weighted by Crippen LogP contribution is 2.36. The predicted molar refractivity (Wildman–Crippen MR) is 179 cm³/mol. The average Bonchev–Trinajstić information content (AvgIpc) is 3.56. The fraction of sp³-hybridized carbons (Fsp3) is 0.353. The summed E-state index contributed by atoms with van der Waals surface area (Å²) in [4.78, 5) is 49.2. The molecule has 0 radical (unpaired) electrons. The number of carbonyl (C=O) groups is 2. The van der Waals surface area contributed by atoms with E-state index in [-0.39, 0.29) is 13.0 Å². The number of ether oxygens (including phenoxy) is 3. The monoisotopic (exact) mass is 654 g/mol. The average molecular weight is 655 g/mol. The molecule has 14 heteroatoms. The number of benzene rings is 2. The number of hydrogen-bond acceptors (Lipinski definition) is 11. The van der Waals surface area contributed by atoms with E-state index in [1.165, 1.54) is 0 Å². The van der Waals surface area contributed by atoms with Crippen molar-refractivity contribution in [2.24, 2.45) is 0 Å². The number of nitrogens with one attached hydrogen (secondary N) is 1. The van der Waals surface area contributed by atoms with Gasteiger partial charge in [-0.25, -0.2) is 19.7 Å². The van der Waals surface area contributed by atoms with Crippen LogP contribution in [0.5, 0.6) is 11.5 Å². The number of carbonyl (C=O) groups excluding carboxylic acids is 1. The third-order valence-corrected chi connectivity index (χ3v) is 8.23. The van der Waals surface area contributed by atoms with Gasteiger partial charge in [0.05, 0.1) is 39.5 Å². The van der Waals surface area contributed by atoms with Crippen LogP contribution in [0.1, 0.15) is 23.1 Å². The number of methoxy groups -OCH3 is 2. The number of amides is 2. The van der Waals surface area contributed by atoms with E-state index in [0.717, 1.165) is 28.2 Å². The van der Waals surface area contributed by atoms with Crippen LogP contribution < -0.4 is 29.5 Å². The van der Waals surface area contributed by atoms with E-state index < -0.39 is 12.0 Å². The molecule has 0 aliphatic carbocycles. The van der Waals surface area contributed by atoms with Gasteiger partial charge >= 0.3 is 12.0 Å². The van der Waals surface area contributed by atoms with Gasteiger partial charge in [-0.1, -0.05) is 24.3 Å². The minimum Gasteiger partial charge on any atom is -0.497 e. The molecular weight excluding hydrogens is 616 g/mol. The summed E-state index contributed by atoms with van der Waals surface area (Å²) in [6.07, 6.45) is 3.89. The van der Waals surface area contributed by atoms with Gasteiger partial charge in [-0.15, -0.1) is 0 Å². The second kappa shape index (κ2) is 14.9. The maximum absolute atomic E-state index is 13.1. The third kappa shape index (κ3) is 7.55. The molecule has 1 saturated heterocycles. The fourth-order valence-electron chi connectivity index (χ4n) is 5.66. The van der Waals surface area contributed by atoms with Gasteiger partial charge in [-0.05, 0) is 41.8 Å². The number of aromatic nitrogens is 4. The predicted octanol–water partition coefficient (Wildman–Crippen LogP) is 3.54.